The van der Waals surface area contributed by atoms with E-state index in [9.17, 15) is 0 Å². The normalized spacial score (nSPS) is 21.9. The predicted octanol–water partition coefficient (Wildman–Crippen LogP) is 7.14. The molecule has 0 aliphatic carbocycles. The van der Waals surface area contributed by atoms with Gasteiger partial charge in [0.15, 0.2) is 0 Å². The van der Waals surface area contributed by atoms with Crippen molar-refractivity contribution in [3.63, 3.8) is 0 Å². The van der Waals surface area contributed by atoms with Crippen LogP contribution in [0, 0.1) is 5.92 Å². The van der Waals surface area contributed by atoms with Crippen molar-refractivity contribution in [1.29, 1.82) is 0 Å². The molecule has 210 valence electrons. The fraction of sp³-hybridized carbons (Fsp3) is 0.471. The quantitative estimate of drug-likeness (QED) is 0.251. The molecule has 0 radical (unpaired) electrons. The summed E-state index contributed by atoms with van der Waals surface area (Å²) in [6, 6.07) is 21.8. The van der Waals surface area contributed by atoms with Crippen molar-refractivity contribution in [2.24, 2.45) is 18.0 Å². The Bertz CT molecular complexity index is 1520. The summed E-state index contributed by atoms with van der Waals surface area (Å²) in [5.41, 5.74) is 12.5. The van der Waals surface area contributed by atoms with Gasteiger partial charge in [0.1, 0.15) is 17.7 Å². The number of aryl methyl sites for hydroxylation is 2. The van der Waals surface area contributed by atoms with E-state index < -0.39 is 0 Å². The van der Waals surface area contributed by atoms with Crippen molar-refractivity contribution in [2.45, 2.75) is 84.5 Å². The topological polar surface area (TPSA) is 57.5 Å². The number of fused-ring (bicyclic) bond motifs is 2. The highest BCUT2D eigenvalue weighted by atomic mass is 15.5. The third kappa shape index (κ3) is 5.52. The minimum atomic E-state index is -0.0810. The molecule has 2 N–H and O–H groups in total. The number of hydrogen-bond acceptors (Lipinski definition) is 5. The third-order valence-electron chi connectivity index (χ3n) is 8.87. The number of amidine groups is 1. The molecule has 6 nitrogen and oxygen atoms in total. The van der Waals surface area contributed by atoms with Gasteiger partial charge in [-0.2, -0.15) is 5.10 Å². The Hall–Kier alpha value is -3.22. The molecule has 1 saturated heterocycles. The minimum Gasteiger partial charge on any atom is -0.307 e. The fourth-order valence-corrected chi connectivity index (χ4v) is 6.67. The summed E-state index contributed by atoms with van der Waals surface area (Å²) in [7, 11) is 2.03. The second kappa shape index (κ2) is 11.3. The molecule has 0 amide bonds. The molecule has 0 saturated carbocycles. The minimum absolute atomic E-state index is 0.0810. The lowest BCUT2D eigenvalue weighted by Gasteiger charge is -2.39. The van der Waals surface area contributed by atoms with E-state index in [0.29, 0.717) is 5.92 Å². The van der Waals surface area contributed by atoms with Crippen molar-refractivity contribution < 1.29 is 0 Å². The molecule has 40 heavy (non-hydrogen) atoms. The van der Waals surface area contributed by atoms with Gasteiger partial charge in [-0.25, -0.2) is 10.4 Å². The van der Waals surface area contributed by atoms with E-state index in [1.54, 1.807) is 0 Å². The number of hydrogen-bond donors (Lipinski definition) is 2. The first-order valence-electron chi connectivity index (χ1n) is 15.2. The lowest BCUT2D eigenvalue weighted by atomic mass is 9.96. The van der Waals surface area contributed by atoms with Crippen molar-refractivity contribution in [1.82, 2.24) is 25.5 Å². The number of piperidine rings is 1. The lowest BCUT2D eigenvalue weighted by Crippen LogP contribution is -2.44. The van der Waals surface area contributed by atoms with Crippen molar-refractivity contribution in [2.75, 3.05) is 6.54 Å². The van der Waals surface area contributed by atoms with Crippen LogP contribution >= 0.6 is 0 Å². The first kappa shape index (κ1) is 27.0. The number of rotatable bonds is 8. The van der Waals surface area contributed by atoms with Crippen LogP contribution < -0.4 is 10.9 Å². The molecule has 2 aliphatic rings. The van der Waals surface area contributed by atoms with E-state index in [1.807, 2.05) is 11.7 Å². The Balaban J connectivity index is 1.21. The number of likely N-dealkylation sites (tertiary alicyclic amines) is 1. The summed E-state index contributed by atoms with van der Waals surface area (Å²) >= 11 is 0. The number of nitrogens with one attached hydrogen (secondary N) is 2. The molecule has 3 heterocycles. The summed E-state index contributed by atoms with van der Waals surface area (Å²) in [6.07, 6.45) is 7.28. The third-order valence-corrected chi connectivity index (χ3v) is 8.87. The second-order valence-electron chi connectivity index (χ2n) is 12.5. The first-order chi connectivity index (χ1) is 19.4. The lowest BCUT2D eigenvalue weighted by molar-refractivity contribution is 0.102. The van der Waals surface area contributed by atoms with E-state index in [-0.39, 0.29) is 6.17 Å². The van der Waals surface area contributed by atoms with Crippen molar-refractivity contribution >= 4 is 27.5 Å². The van der Waals surface area contributed by atoms with E-state index >= 15 is 0 Å². The Morgan fingerprint density at radius 3 is 2.52 bits per heavy atom. The van der Waals surface area contributed by atoms with Gasteiger partial charge >= 0.3 is 0 Å². The highest BCUT2D eigenvalue weighted by Crippen LogP contribution is 2.33. The van der Waals surface area contributed by atoms with Gasteiger partial charge in [-0.15, -0.1) is 0 Å². The molecule has 4 aromatic rings. The largest absolute Gasteiger partial charge is 0.307 e. The fourth-order valence-electron chi connectivity index (χ4n) is 6.67. The number of aliphatic imine (C=N–C) groups is 1. The molecule has 0 spiro atoms. The van der Waals surface area contributed by atoms with Crippen LogP contribution in [0.25, 0.3) is 32.9 Å². The predicted molar refractivity (Wildman–Crippen MR) is 167 cm³/mol. The number of aromatic nitrogens is 2. The zero-order chi connectivity index (χ0) is 27.8. The molecule has 6 rings (SSSR count). The molecular formula is C34H44N6. The second-order valence-corrected chi connectivity index (χ2v) is 12.5. The number of nitrogens with zero attached hydrogens (tertiary/aromatic N) is 4. The molecule has 3 atom stereocenters. The van der Waals surface area contributed by atoms with E-state index in [4.69, 9.17) is 10.1 Å². The van der Waals surface area contributed by atoms with Crippen LogP contribution in [-0.2, 0) is 13.5 Å². The Morgan fingerprint density at radius 1 is 0.950 bits per heavy atom. The van der Waals surface area contributed by atoms with Gasteiger partial charge in [-0.3, -0.25) is 9.58 Å². The van der Waals surface area contributed by atoms with Gasteiger partial charge in [0.2, 0.25) is 0 Å². The monoisotopic (exact) mass is 536 g/mol. The van der Waals surface area contributed by atoms with Gasteiger partial charge < -0.3 is 5.43 Å². The molecule has 0 bridgehead atoms. The molecule has 1 unspecified atom stereocenters. The van der Waals surface area contributed by atoms with Gasteiger partial charge in [0, 0.05) is 36.5 Å². The van der Waals surface area contributed by atoms with Crippen LogP contribution in [0.3, 0.4) is 0 Å². The summed E-state index contributed by atoms with van der Waals surface area (Å²) in [4.78, 5) is 7.60. The van der Waals surface area contributed by atoms with Gasteiger partial charge in [0.05, 0.1) is 5.52 Å². The molecular weight excluding hydrogens is 492 g/mol. The SMILES string of the molecule is CC(C)CC1=NC(c2ccc3c(c2)c(-c2ccc4cc(CCCN5[C@H](C)CCC[C@@H]5C)ccc4c2)nn3C)NN1. The summed E-state index contributed by atoms with van der Waals surface area (Å²) in [5, 5.41) is 8.67. The van der Waals surface area contributed by atoms with Gasteiger partial charge in [-0.1, -0.05) is 56.7 Å². The van der Waals surface area contributed by atoms with Crippen molar-refractivity contribution in [3.8, 4) is 11.3 Å². The van der Waals surface area contributed by atoms with Crippen LogP contribution in [0.15, 0.2) is 59.6 Å². The van der Waals surface area contributed by atoms with Crippen LogP contribution in [0.4, 0.5) is 0 Å². The van der Waals surface area contributed by atoms with Gasteiger partial charge in [0.25, 0.3) is 0 Å². The molecule has 1 aromatic heterocycles. The zero-order valence-electron chi connectivity index (χ0n) is 24.7. The Kier molecular flexibility index (Phi) is 7.65. The molecule has 1 fully saturated rings. The molecule has 2 aliphatic heterocycles. The summed E-state index contributed by atoms with van der Waals surface area (Å²) in [5.74, 6) is 1.59. The smallest absolute Gasteiger partial charge is 0.143 e. The average molecular weight is 537 g/mol. The summed E-state index contributed by atoms with van der Waals surface area (Å²) in [6.45, 7) is 10.4. The Labute approximate surface area is 238 Å². The Morgan fingerprint density at radius 2 is 1.73 bits per heavy atom. The maximum absolute atomic E-state index is 4.94. The maximum Gasteiger partial charge on any atom is 0.143 e. The van der Waals surface area contributed by atoms with Crippen LogP contribution in [0.2, 0.25) is 0 Å². The molecule has 3 aromatic carbocycles. The zero-order valence-corrected chi connectivity index (χ0v) is 24.7. The summed E-state index contributed by atoms with van der Waals surface area (Å²) < 4.78 is 1.99. The average Bonchev–Trinajstić information content (AvgIpc) is 3.53. The van der Waals surface area contributed by atoms with Crippen LogP contribution in [-0.4, -0.2) is 39.1 Å². The van der Waals surface area contributed by atoms with E-state index in [0.717, 1.165) is 58.5 Å². The highest BCUT2D eigenvalue weighted by Gasteiger charge is 2.24. The van der Waals surface area contributed by atoms with Gasteiger partial charge in [-0.05, 0) is 92.1 Å². The number of hydrazine groups is 1. The van der Waals surface area contributed by atoms with E-state index in [1.165, 1.54) is 48.6 Å². The van der Waals surface area contributed by atoms with E-state index in [2.05, 4.69) is 98.0 Å². The molecule has 6 heteroatoms. The number of benzene rings is 3. The highest BCUT2D eigenvalue weighted by molar-refractivity contribution is 5.97. The van der Waals surface area contributed by atoms with Crippen LogP contribution in [0.1, 0.15) is 77.1 Å². The standard InChI is InChI=1S/C34H44N6/c1-22(2)18-32-35-34(37-36-32)29-15-16-31-30(21-29)33(38-39(31)5)28-14-13-26-19-25(11-12-27(26)20-28)10-7-17-40-23(3)8-6-9-24(40)4/h11-16,19-24,34,37H,6-10,17-18H2,1-5H3,(H,35,36)/t23-,24+,34?. The maximum atomic E-state index is 4.94. The van der Waals surface area contributed by atoms with Crippen LogP contribution in [0.5, 0.6) is 0 Å². The first-order valence-corrected chi connectivity index (χ1v) is 15.2. The van der Waals surface area contributed by atoms with Crippen molar-refractivity contribution in [3.05, 3.63) is 65.7 Å².